The molecular weight excluding hydrogens is 250 g/mol. The van der Waals surface area contributed by atoms with Gasteiger partial charge in [-0.25, -0.2) is 9.78 Å². The maximum Gasteiger partial charge on any atom is 0.191 e. The Morgan fingerprint density at radius 3 is 2.50 bits per heavy atom. The van der Waals surface area contributed by atoms with Gasteiger partial charge in [0.05, 0.1) is 0 Å². The SMILES string of the molecule is CN1c2ccccc2C2=C[C@@H](c3ccccc3)OO[C@H]21. The highest BCUT2D eigenvalue weighted by molar-refractivity contribution is 5.87. The number of hydrogen-bond acceptors (Lipinski definition) is 3. The Morgan fingerprint density at radius 1 is 0.900 bits per heavy atom. The van der Waals surface area contributed by atoms with Crippen molar-refractivity contribution < 1.29 is 9.78 Å². The summed E-state index contributed by atoms with van der Waals surface area (Å²) in [5.74, 6) is 0. The highest BCUT2D eigenvalue weighted by Gasteiger charge is 2.37. The lowest BCUT2D eigenvalue weighted by Crippen LogP contribution is -2.32. The average molecular weight is 265 g/mol. The molecule has 0 saturated carbocycles. The molecule has 2 heterocycles. The summed E-state index contributed by atoms with van der Waals surface area (Å²) in [6.07, 6.45) is 1.86. The van der Waals surface area contributed by atoms with Crippen molar-refractivity contribution in [2.75, 3.05) is 11.9 Å². The quantitative estimate of drug-likeness (QED) is 0.736. The zero-order valence-corrected chi connectivity index (χ0v) is 11.2. The Labute approximate surface area is 118 Å². The van der Waals surface area contributed by atoms with Crippen LogP contribution in [0.2, 0.25) is 0 Å². The van der Waals surface area contributed by atoms with Gasteiger partial charge in [-0.05, 0) is 17.7 Å². The third-order valence-electron chi connectivity index (χ3n) is 3.92. The number of hydrogen-bond donors (Lipinski definition) is 0. The van der Waals surface area contributed by atoms with E-state index in [1.54, 1.807) is 0 Å². The van der Waals surface area contributed by atoms with Crippen LogP contribution in [0.4, 0.5) is 5.69 Å². The van der Waals surface area contributed by atoms with E-state index in [9.17, 15) is 0 Å². The first-order valence-electron chi connectivity index (χ1n) is 6.75. The predicted octanol–water partition coefficient (Wildman–Crippen LogP) is 3.55. The summed E-state index contributed by atoms with van der Waals surface area (Å²) in [5, 5.41) is 0. The minimum Gasteiger partial charge on any atom is -0.342 e. The predicted molar refractivity (Wildman–Crippen MR) is 78.0 cm³/mol. The van der Waals surface area contributed by atoms with Gasteiger partial charge in [-0.1, -0.05) is 48.5 Å². The van der Waals surface area contributed by atoms with Crippen molar-refractivity contribution in [3.05, 3.63) is 71.8 Å². The van der Waals surface area contributed by atoms with Gasteiger partial charge in [-0.15, -0.1) is 0 Å². The normalized spacial score (nSPS) is 24.1. The standard InChI is InChI=1S/C17H15NO2/c1-18-15-10-6-5-9-13(15)14-11-16(19-20-17(14)18)12-7-3-2-4-8-12/h2-11,16-17H,1H3/t16-,17+/m0/s1. The van der Waals surface area contributed by atoms with Crippen molar-refractivity contribution in [3.8, 4) is 0 Å². The van der Waals surface area contributed by atoms with Gasteiger partial charge in [0.1, 0.15) is 6.10 Å². The summed E-state index contributed by atoms with van der Waals surface area (Å²) >= 11 is 0. The van der Waals surface area contributed by atoms with Crippen LogP contribution in [0.1, 0.15) is 17.2 Å². The molecule has 2 atom stereocenters. The third-order valence-corrected chi connectivity index (χ3v) is 3.92. The van der Waals surface area contributed by atoms with E-state index in [1.807, 2.05) is 31.3 Å². The van der Waals surface area contributed by atoms with Crippen molar-refractivity contribution in [1.29, 1.82) is 0 Å². The number of nitrogens with zero attached hydrogens (tertiary/aromatic N) is 1. The molecule has 0 aliphatic carbocycles. The molecule has 20 heavy (non-hydrogen) atoms. The number of para-hydroxylation sites is 1. The largest absolute Gasteiger partial charge is 0.342 e. The smallest absolute Gasteiger partial charge is 0.191 e. The Bertz CT molecular complexity index is 666. The molecule has 0 saturated heterocycles. The van der Waals surface area contributed by atoms with Crippen LogP contribution in [-0.2, 0) is 9.78 Å². The number of anilines is 1. The van der Waals surface area contributed by atoms with Gasteiger partial charge in [-0.2, -0.15) is 0 Å². The van der Waals surface area contributed by atoms with Gasteiger partial charge >= 0.3 is 0 Å². The van der Waals surface area contributed by atoms with Crippen molar-refractivity contribution in [3.63, 3.8) is 0 Å². The van der Waals surface area contributed by atoms with Gasteiger partial charge < -0.3 is 4.90 Å². The average Bonchev–Trinajstić information content (AvgIpc) is 2.81. The lowest BCUT2D eigenvalue weighted by atomic mass is 10.0. The molecule has 2 aliphatic rings. The van der Waals surface area contributed by atoms with Crippen LogP contribution in [0.3, 0.4) is 0 Å². The topological polar surface area (TPSA) is 21.7 Å². The highest BCUT2D eigenvalue weighted by Crippen LogP contribution is 2.44. The number of rotatable bonds is 1. The molecule has 0 unspecified atom stereocenters. The van der Waals surface area contributed by atoms with Crippen LogP contribution >= 0.6 is 0 Å². The molecule has 2 aliphatic heterocycles. The molecule has 0 radical (unpaired) electrons. The third kappa shape index (κ3) is 1.68. The summed E-state index contributed by atoms with van der Waals surface area (Å²) in [7, 11) is 2.02. The Morgan fingerprint density at radius 2 is 1.65 bits per heavy atom. The maximum atomic E-state index is 5.62. The molecule has 2 aromatic carbocycles. The fourth-order valence-electron chi connectivity index (χ4n) is 2.88. The molecule has 3 heteroatoms. The van der Waals surface area contributed by atoms with Crippen LogP contribution in [-0.4, -0.2) is 13.3 Å². The number of fused-ring (bicyclic) bond motifs is 3. The second-order valence-corrected chi connectivity index (χ2v) is 5.13. The second kappa shape index (κ2) is 4.47. The van der Waals surface area contributed by atoms with Crippen molar-refractivity contribution in [2.24, 2.45) is 0 Å². The molecule has 0 amide bonds. The zero-order valence-electron chi connectivity index (χ0n) is 11.2. The molecule has 0 bridgehead atoms. The molecule has 0 spiro atoms. The van der Waals surface area contributed by atoms with E-state index >= 15 is 0 Å². The number of likely N-dealkylation sites (N-methyl/N-ethyl adjacent to an activating group) is 1. The maximum absolute atomic E-state index is 5.62. The van der Waals surface area contributed by atoms with Crippen molar-refractivity contribution in [1.82, 2.24) is 0 Å². The molecule has 0 aromatic heterocycles. The Hall–Kier alpha value is -2.10. The van der Waals surface area contributed by atoms with Crippen LogP contribution in [0.15, 0.2) is 60.7 Å². The van der Waals surface area contributed by atoms with Crippen LogP contribution in [0.25, 0.3) is 5.57 Å². The molecule has 0 fully saturated rings. The molecular formula is C17H15NO2. The van der Waals surface area contributed by atoms with Crippen molar-refractivity contribution >= 4 is 11.3 Å². The lowest BCUT2D eigenvalue weighted by molar-refractivity contribution is -0.337. The van der Waals surface area contributed by atoms with Crippen LogP contribution in [0, 0.1) is 0 Å². The van der Waals surface area contributed by atoms with Crippen LogP contribution in [0.5, 0.6) is 0 Å². The fourth-order valence-corrected chi connectivity index (χ4v) is 2.88. The molecule has 4 rings (SSSR count). The summed E-state index contributed by atoms with van der Waals surface area (Å²) in [5.41, 5.74) is 4.69. The molecule has 100 valence electrons. The number of benzene rings is 2. The lowest BCUT2D eigenvalue weighted by Gasteiger charge is -2.28. The minimum absolute atomic E-state index is 0.146. The summed E-state index contributed by atoms with van der Waals surface area (Å²) in [6, 6.07) is 18.5. The van der Waals surface area contributed by atoms with E-state index in [0.717, 1.165) is 5.56 Å². The summed E-state index contributed by atoms with van der Waals surface area (Å²) in [4.78, 5) is 13.3. The van der Waals surface area contributed by atoms with Crippen molar-refractivity contribution in [2.45, 2.75) is 12.3 Å². The summed E-state index contributed by atoms with van der Waals surface area (Å²) < 4.78 is 0. The van der Waals surface area contributed by atoms with Gasteiger partial charge in [0, 0.05) is 23.9 Å². The molecule has 0 N–H and O–H groups in total. The van der Waals surface area contributed by atoms with E-state index in [-0.39, 0.29) is 12.3 Å². The van der Waals surface area contributed by atoms with Gasteiger partial charge in [-0.3, -0.25) is 0 Å². The summed E-state index contributed by atoms with van der Waals surface area (Å²) in [6.45, 7) is 0. The van der Waals surface area contributed by atoms with Crippen LogP contribution < -0.4 is 4.90 Å². The minimum atomic E-state index is -0.151. The Balaban J connectivity index is 1.78. The monoisotopic (exact) mass is 265 g/mol. The van der Waals surface area contributed by atoms with Gasteiger partial charge in [0.2, 0.25) is 0 Å². The second-order valence-electron chi connectivity index (χ2n) is 5.13. The first-order chi connectivity index (χ1) is 9.84. The first kappa shape index (κ1) is 11.7. The van der Waals surface area contributed by atoms with E-state index < -0.39 is 0 Å². The van der Waals surface area contributed by atoms with E-state index in [4.69, 9.17) is 9.78 Å². The first-order valence-corrected chi connectivity index (χ1v) is 6.75. The van der Waals surface area contributed by atoms with Gasteiger partial charge in [0.25, 0.3) is 0 Å². The van der Waals surface area contributed by atoms with Gasteiger partial charge in [0.15, 0.2) is 6.23 Å². The van der Waals surface area contributed by atoms with E-state index in [1.165, 1.54) is 16.8 Å². The molecule has 3 nitrogen and oxygen atoms in total. The zero-order chi connectivity index (χ0) is 13.5. The Kier molecular flexibility index (Phi) is 2.62. The fraction of sp³-hybridized carbons (Fsp3) is 0.176. The van der Waals surface area contributed by atoms with E-state index in [0.29, 0.717) is 0 Å². The van der Waals surface area contributed by atoms with E-state index in [2.05, 4.69) is 41.3 Å². The molecule has 2 aromatic rings. The highest BCUT2D eigenvalue weighted by atomic mass is 17.2.